The van der Waals surface area contributed by atoms with Gasteiger partial charge in [-0.05, 0) is 51.1 Å². The second-order valence-corrected chi connectivity index (χ2v) is 11.9. The monoisotopic (exact) mass is 613 g/mol. The largest absolute Gasteiger partial charge is 0.490 e. The first-order chi connectivity index (χ1) is 18.7. The van der Waals surface area contributed by atoms with Crippen molar-refractivity contribution in [2.75, 3.05) is 70.4 Å². The Labute approximate surface area is 245 Å². The molecule has 40 heavy (non-hydrogen) atoms. The fourth-order valence-corrected chi connectivity index (χ4v) is 6.01. The zero-order chi connectivity index (χ0) is 28.0. The van der Waals surface area contributed by atoms with E-state index in [2.05, 4.69) is 4.90 Å². The molecule has 1 aromatic heterocycles. The molecular weight excluding hydrogens is 578 g/mol. The number of halogens is 1. The first kappa shape index (κ1) is 31.9. The van der Waals surface area contributed by atoms with Gasteiger partial charge in [0.05, 0.1) is 48.1 Å². The Balaban J connectivity index is 0.00000441. The number of rotatable bonds is 12. The topological polar surface area (TPSA) is 108 Å². The van der Waals surface area contributed by atoms with E-state index in [0.29, 0.717) is 84.3 Å². The maximum Gasteiger partial charge on any atom is 0.260 e. The lowest BCUT2D eigenvalue weighted by Crippen LogP contribution is -2.43. The number of morpholine rings is 1. The molecule has 1 amide bonds. The molecule has 0 atom stereocenters. The molecule has 0 saturated carbocycles. The van der Waals surface area contributed by atoms with Gasteiger partial charge in [-0.2, -0.15) is 0 Å². The molecule has 10 nitrogen and oxygen atoms in total. The van der Waals surface area contributed by atoms with Crippen LogP contribution in [0.4, 0.5) is 5.13 Å². The van der Waals surface area contributed by atoms with Crippen LogP contribution in [0.3, 0.4) is 0 Å². The van der Waals surface area contributed by atoms with Crippen LogP contribution in [0.15, 0.2) is 35.2 Å². The molecule has 0 N–H and O–H groups in total. The van der Waals surface area contributed by atoms with Crippen molar-refractivity contribution in [3.05, 3.63) is 35.9 Å². The molecule has 0 radical (unpaired) electrons. The van der Waals surface area contributed by atoms with Gasteiger partial charge in [0.15, 0.2) is 26.5 Å². The van der Waals surface area contributed by atoms with Crippen molar-refractivity contribution >= 4 is 54.8 Å². The van der Waals surface area contributed by atoms with Crippen molar-refractivity contribution in [1.82, 2.24) is 9.88 Å². The minimum Gasteiger partial charge on any atom is -0.490 e. The maximum absolute atomic E-state index is 14.1. The highest BCUT2D eigenvalue weighted by atomic mass is 35.5. The minimum absolute atomic E-state index is 0. The predicted molar refractivity (Wildman–Crippen MR) is 159 cm³/mol. The molecule has 4 rings (SSSR count). The van der Waals surface area contributed by atoms with Gasteiger partial charge in [-0.25, -0.2) is 13.4 Å². The quantitative estimate of drug-likeness (QED) is 0.295. The van der Waals surface area contributed by atoms with Crippen molar-refractivity contribution in [3.63, 3.8) is 0 Å². The van der Waals surface area contributed by atoms with Gasteiger partial charge in [0.25, 0.3) is 5.91 Å². The molecule has 1 aliphatic heterocycles. The smallest absolute Gasteiger partial charge is 0.260 e. The minimum atomic E-state index is -3.38. The zero-order valence-corrected chi connectivity index (χ0v) is 25.6. The number of nitrogens with zero attached hydrogens (tertiary/aromatic N) is 3. The number of ether oxygens (including phenoxy) is 4. The molecule has 0 bridgehead atoms. The highest BCUT2D eigenvalue weighted by Gasteiger charge is 2.26. The lowest BCUT2D eigenvalue weighted by Gasteiger charge is -2.29. The van der Waals surface area contributed by atoms with Crippen molar-refractivity contribution in [2.24, 2.45) is 0 Å². The molecule has 0 unspecified atom stereocenters. The summed E-state index contributed by atoms with van der Waals surface area (Å²) in [6.45, 7) is 10.7. The Morgan fingerprint density at radius 1 is 1.02 bits per heavy atom. The Bertz CT molecular complexity index is 1380. The van der Waals surface area contributed by atoms with E-state index in [0.717, 1.165) is 13.1 Å². The third kappa shape index (κ3) is 7.55. The predicted octanol–water partition coefficient (Wildman–Crippen LogP) is 4.30. The van der Waals surface area contributed by atoms with Crippen LogP contribution in [-0.2, 0) is 14.6 Å². The summed E-state index contributed by atoms with van der Waals surface area (Å²) in [5, 5.41) is 0.485. The van der Waals surface area contributed by atoms with Gasteiger partial charge in [-0.15, -0.1) is 12.4 Å². The summed E-state index contributed by atoms with van der Waals surface area (Å²) in [5.74, 6) is 1.06. The van der Waals surface area contributed by atoms with Gasteiger partial charge in [-0.1, -0.05) is 11.3 Å². The number of thiazole rings is 1. The summed E-state index contributed by atoms with van der Waals surface area (Å²) in [6.07, 6.45) is 1.17. The number of aromatic nitrogens is 1. The number of fused-ring (bicyclic) bond motifs is 1. The zero-order valence-electron chi connectivity index (χ0n) is 23.2. The van der Waals surface area contributed by atoms with Crippen LogP contribution in [0.2, 0.25) is 0 Å². The average Bonchev–Trinajstić information content (AvgIpc) is 3.34. The summed E-state index contributed by atoms with van der Waals surface area (Å²) in [7, 11) is -3.38. The second kappa shape index (κ2) is 14.3. The summed E-state index contributed by atoms with van der Waals surface area (Å²) in [6, 6.07) is 8.17. The van der Waals surface area contributed by atoms with E-state index < -0.39 is 9.84 Å². The van der Waals surface area contributed by atoms with Gasteiger partial charge in [0, 0.05) is 38.0 Å². The summed E-state index contributed by atoms with van der Waals surface area (Å²) in [4.78, 5) is 22.9. The SMILES string of the molecule is CCOc1cc(C(=O)N(CCN2CCOCC2)c2nc3ccc(S(C)(=O)=O)cc3s2)cc(OCC)c1OCC.Cl. The number of anilines is 1. The number of benzene rings is 2. The standard InChI is InChI=1S/C27H35N3O7S2.ClH/c1-5-35-22-16-19(17-23(36-6-2)25(22)37-7-3)26(31)30(11-10-29-12-14-34-15-13-29)27-28-21-9-8-20(39(4,32)33)18-24(21)38-27;/h8-9,16-18H,5-7,10-15H2,1-4H3;1H. The van der Waals surface area contributed by atoms with Crippen LogP contribution in [-0.4, -0.2) is 89.7 Å². The summed E-state index contributed by atoms with van der Waals surface area (Å²) >= 11 is 1.28. The third-order valence-corrected chi connectivity index (χ3v) is 8.30. The van der Waals surface area contributed by atoms with Gasteiger partial charge in [0.1, 0.15) is 0 Å². The fourth-order valence-electron chi connectivity index (χ4n) is 4.26. The van der Waals surface area contributed by atoms with E-state index in [9.17, 15) is 13.2 Å². The molecule has 0 aliphatic carbocycles. The molecule has 1 fully saturated rings. The first-order valence-electron chi connectivity index (χ1n) is 13.0. The fraction of sp³-hybridized carbons (Fsp3) is 0.481. The lowest BCUT2D eigenvalue weighted by atomic mass is 10.1. The lowest BCUT2D eigenvalue weighted by molar-refractivity contribution is 0.0391. The normalized spacial score (nSPS) is 14.0. The van der Waals surface area contributed by atoms with Gasteiger partial charge >= 0.3 is 0 Å². The number of carbonyl (C=O) groups is 1. The van der Waals surface area contributed by atoms with Crippen molar-refractivity contribution in [2.45, 2.75) is 25.7 Å². The molecule has 3 aromatic rings. The van der Waals surface area contributed by atoms with Crippen LogP contribution in [0.5, 0.6) is 17.2 Å². The Kier molecular flexibility index (Phi) is 11.4. The van der Waals surface area contributed by atoms with E-state index in [1.807, 2.05) is 20.8 Å². The average molecular weight is 614 g/mol. The number of sulfone groups is 1. The molecular formula is C27H36ClN3O7S2. The molecule has 1 aliphatic rings. The van der Waals surface area contributed by atoms with Crippen molar-refractivity contribution in [3.8, 4) is 17.2 Å². The molecule has 1 saturated heterocycles. The van der Waals surface area contributed by atoms with E-state index in [-0.39, 0.29) is 23.2 Å². The molecule has 13 heteroatoms. The number of amides is 1. The molecule has 0 spiro atoms. The first-order valence-corrected chi connectivity index (χ1v) is 15.7. The number of hydrogen-bond donors (Lipinski definition) is 0. The van der Waals surface area contributed by atoms with E-state index in [4.69, 9.17) is 23.9 Å². The van der Waals surface area contributed by atoms with E-state index in [1.54, 1.807) is 29.2 Å². The Morgan fingerprint density at radius 3 is 2.23 bits per heavy atom. The van der Waals surface area contributed by atoms with Crippen molar-refractivity contribution < 1.29 is 32.2 Å². The second-order valence-electron chi connectivity index (χ2n) is 8.91. The van der Waals surface area contributed by atoms with Crippen LogP contribution in [0.1, 0.15) is 31.1 Å². The Morgan fingerprint density at radius 2 is 1.65 bits per heavy atom. The number of carbonyl (C=O) groups excluding carboxylic acids is 1. The van der Waals surface area contributed by atoms with Crippen LogP contribution in [0, 0.1) is 0 Å². The number of hydrogen-bond acceptors (Lipinski definition) is 10. The van der Waals surface area contributed by atoms with Gasteiger partial charge < -0.3 is 18.9 Å². The van der Waals surface area contributed by atoms with Gasteiger partial charge in [-0.3, -0.25) is 14.6 Å². The van der Waals surface area contributed by atoms with Crippen LogP contribution >= 0.6 is 23.7 Å². The van der Waals surface area contributed by atoms with E-state index in [1.165, 1.54) is 23.7 Å². The highest BCUT2D eigenvalue weighted by molar-refractivity contribution is 7.90. The van der Waals surface area contributed by atoms with Gasteiger partial charge in [0.2, 0.25) is 5.75 Å². The Hall–Kier alpha value is -2.64. The maximum atomic E-state index is 14.1. The van der Waals surface area contributed by atoms with E-state index >= 15 is 0 Å². The van der Waals surface area contributed by atoms with Crippen LogP contribution in [0.25, 0.3) is 10.2 Å². The molecule has 2 aromatic carbocycles. The third-order valence-electron chi connectivity index (χ3n) is 6.15. The molecule has 220 valence electrons. The highest BCUT2D eigenvalue weighted by Crippen LogP contribution is 2.40. The summed E-state index contributed by atoms with van der Waals surface area (Å²) < 4.78 is 47.8. The van der Waals surface area contributed by atoms with Crippen LogP contribution < -0.4 is 19.1 Å². The van der Waals surface area contributed by atoms with Crippen molar-refractivity contribution in [1.29, 1.82) is 0 Å². The summed E-state index contributed by atoms with van der Waals surface area (Å²) in [5.41, 5.74) is 1.01. The molecule has 2 heterocycles.